The molecule has 0 saturated carbocycles. The molecule has 12 aromatic carbocycles. The summed E-state index contributed by atoms with van der Waals surface area (Å²) < 4.78 is 63.5. The van der Waals surface area contributed by atoms with Crippen LogP contribution >= 0.6 is 31.7 Å². The van der Waals surface area contributed by atoms with E-state index >= 15 is 0 Å². The van der Waals surface area contributed by atoms with Gasteiger partial charge in [0.05, 0.1) is 85.3 Å². The fourth-order valence-electron chi connectivity index (χ4n) is 10.6. The Hall–Kier alpha value is -9.38. The first-order valence-corrected chi connectivity index (χ1v) is 37.3. The minimum absolute atomic E-state index is 0. The second kappa shape index (κ2) is 40.2. The number of hydrogen-bond acceptors (Lipinski definition) is 12. The zero-order valence-corrected chi connectivity index (χ0v) is 63.8. The summed E-state index contributed by atoms with van der Waals surface area (Å²) in [6, 6.07) is 99.6. The molecular formula is C84H84O12P4Pd. The third kappa shape index (κ3) is 21.3. The molecule has 12 rings (SSSR count). The summed E-state index contributed by atoms with van der Waals surface area (Å²) in [4.78, 5) is 0. The Morgan fingerprint density at radius 3 is 0.228 bits per heavy atom. The molecule has 0 aliphatic rings. The number of methoxy groups -OCH3 is 12. The molecular weight excluding hydrogens is 1430 g/mol. The fourth-order valence-corrected chi connectivity index (χ4v) is 19.5. The molecule has 0 unspecified atom stereocenters. The Morgan fingerprint density at radius 1 is 0.119 bits per heavy atom. The summed E-state index contributed by atoms with van der Waals surface area (Å²) in [5.74, 6) is 10.4. The van der Waals surface area contributed by atoms with E-state index in [2.05, 4.69) is 146 Å². The molecule has 12 aromatic rings. The third-order valence-electron chi connectivity index (χ3n) is 16.0. The minimum Gasteiger partial charge on any atom is -0.497 e. The number of ether oxygens (including phenoxy) is 12. The molecule has 0 spiro atoms. The van der Waals surface area contributed by atoms with E-state index in [1.165, 1.54) is 63.7 Å². The smallest absolute Gasteiger partial charge is 0.118 e. The molecule has 0 radical (unpaired) electrons. The molecule has 0 atom stereocenters. The predicted octanol–water partition coefficient (Wildman–Crippen LogP) is 13.9. The summed E-state index contributed by atoms with van der Waals surface area (Å²) >= 11 is 0. The third-order valence-corrected chi connectivity index (χ3v) is 25.7. The maximum atomic E-state index is 5.30. The molecule has 522 valence electrons. The largest absolute Gasteiger partial charge is 0.497 e. The Kier molecular flexibility index (Phi) is 30.8. The molecule has 0 N–H and O–H groups in total. The van der Waals surface area contributed by atoms with Crippen molar-refractivity contribution < 1.29 is 77.3 Å². The average molecular weight is 1520 g/mol. The maximum absolute atomic E-state index is 5.30. The van der Waals surface area contributed by atoms with Crippen LogP contribution in [0.25, 0.3) is 0 Å². The SMILES string of the molecule is COc1ccc(P(c2ccc(OC)cc2)c2ccc(OC)cc2)cc1.COc1ccc(P(c2ccc(OC)cc2)c2ccc(OC)cc2)cc1.COc1ccc(P(c2ccc(OC)cc2)c2ccc(OC)cc2)cc1.COc1ccc(P(c2ccc(OC)cc2)c2ccc(OC)cc2)cc1.[Pd]. The van der Waals surface area contributed by atoms with E-state index in [4.69, 9.17) is 56.8 Å². The monoisotopic (exact) mass is 1510 g/mol. The van der Waals surface area contributed by atoms with E-state index in [0.29, 0.717) is 0 Å². The molecule has 0 aliphatic heterocycles. The van der Waals surface area contributed by atoms with Crippen LogP contribution in [0.15, 0.2) is 291 Å². The van der Waals surface area contributed by atoms with Crippen LogP contribution in [0, 0.1) is 0 Å². The van der Waals surface area contributed by atoms with Crippen molar-refractivity contribution in [3.05, 3.63) is 291 Å². The van der Waals surface area contributed by atoms with E-state index in [-0.39, 0.29) is 20.4 Å². The van der Waals surface area contributed by atoms with E-state index in [0.717, 1.165) is 69.0 Å². The number of rotatable bonds is 24. The van der Waals surface area contributed by atoms with Gasteiger partial charge in [-0.15, -0.1) is 0 Å². The quantitative estimate of drug-likeness (QED) is 0.0424. The summed E-state index contributed by atoms with van der Waals surface area (Å²) in [6.45, 7) is 0. The van der Waals surface area contributed by atoms with Gasteiger partial charge in [-0.05, 0) is 241 Å². The van der Waals surface area contributed by atoms with Gasteiger partial charge in [0, 0.05) is 20.4 Å². The van der Waals surface area contributed by atoms with Crippen LogP contribution in [0.5, 0.6) is 69.0 Å². The first-order valence-electron chi connectivity index (χ1n) is 31.9. The van der Waals surface area contributed by atoms with E-state index in [1.807, 2.05) is 146 Å². The van der Waals surface area contributed by atoms with Gasteiger partial charge in [-0.1, -0.05) is 146 Å². The van der Waals surface area contributed by atoms with Crippen LogP contribution in [-0.4, -0.2) is 85.3 Å². The van der Waals surface area contributed by atoms with Gasteiger partial charge < -0.3 is 56.8 Å². The van der Waals surface area contributed by atoms with Gasteiger partial charge in [-0.2, -0.15) is 0 Å². The Balaban J connectivity index is 0.000000171. The summed E-state index contributed by atoms with van der Waals surface area (Å²) in [6.07, 6.45) is 0. The molecule has 0 aromatic heterocycles. The topological polar surface area (TPSA) is 111 Å². The standard InChI is InChI=1S/4C21H21O3P.Pd/c4*1-22-16-4-10-19(11-5-16)25(20-12-6-17(23-2)7-13-20)21-14-8-18(24-3)9-15-21;/h4*4-15H,1-3H3;. The molecule has 0 aliphatic carbocycles. The normalized spacial score (nSPS) is 10.5. The number of hydrogen-bond donors (Lipinski definition) is 0. The van der Waals surface area contributed by atoms with Gasteiger partial charge in [0.25, 0.3) is 0 Å². The van der Waals surface area contributed by atoms with Crippen molar-refractivity contribution in [2.24, 2.45) is 0 Å². The van der Waals surface area contributed by atoms with Crippen molar-refractivity contribution in [1.29, 1.82) is 0 Å². The van der Waals surface area contributed by atoms with Crippen molar-refractivity contribution >= 4 is 95.3 Å². The zero-order valence-electron chi connectivity index (χ0n) is 58.7. The summed E-state index contributed by atoms with van der Waals surface area (Å²) in [5.41, 5.74) is 0. The number of benzene rings is 12. The van der Waals surface area contributed by atoms with Crippen molar-refractivity contribution in [3.8, 4) is 69.0 Å². The van der Waals surface area contributed by atoms with Crippen molar-refractivity contribution in [1.82, 2.24) is 0 Å². The van der Waals surface area contributed by atoms with Gasteiger partial charge in [-0.3, -0.25) is 0 Å². The van der Waals surface area contributed by atoms with Gasteiger partial charge in [0.1, 0.15) is 69.0 Å². The Labute approximate surface area is 614 Å². The van der Waals surface area contributed by atoms with Gasteiger partial charge in [0.2, 0.25) is 0 Å². The van der Waals surface area contributed by atoms with Crippen molar-refractivity contribution in [2.45, 2.75) is 0 Å². The molecule has 12 nitrogen and oxygen atoms in total. The van der Waals surface area contributed by atoms with Crippen LogP contribution < -0.4 is 120 Å². The van der Waals surface area contributed by atoms with E-state index < -0.39 is 31.7 Å². The first-order chi connectivity index (χ1) is 49.0. The maximum Gasteiger partial charge on any atom is 0.118 e. The molecule has 0 fully saturated rings. The molecule has 0 heterocycles. The Morgan fingerprint density at radius 2 is 0.178 bits per heavy atom. The summed E-state index contributed by atoms with van der Waals surface area (Å²) in [7, 11) is 17.6. The van der Waals surface area contributed by atoms with Crippen LogP contribution in [0.2, 0.25) is 0 Å². The minimum atomic E-state index is -0.665. The van der Waals surface area contributed by atoms with Crippen LogP contribution in [0.3, 0.4) is 0 Å². The van der Waals surface area contributed by atoms with Crippen LogP contribution in [0.4, 0.5) is 0 Å². The van der Waals surface area contributed by atoms with Gasteiger partial charge in [0.15, 0.2) is 0 Å². The van der Waals surface area contributed by atoms with Gasteiger partial charge >= 0.3 is 0 Å². The second-order valence-electron chi connectivity index (χ2n) is 21.7. The summed E-state index contributed by atoms with van der Waals surface area (Å²) in [5, 5.41) is 15.2. The van der Waals surface area contributed by atoms with Crippen molar-refractivity contribution in [2.75, 3.05) is 85.3 Å². The first kappa shape index (κ1) is 77.4. The van der Waals surface area contributed by atoms with Crippen LogP contribution in [0.1, 0.15) is 0 Å². The zero-order chi connectivity index (χ0) is 70.6. The second-order valence-corrected chi connectivity index (χ2v) is 30.6. The molecule has 17 heteroatoms. The van der Waals surface area contributed by atoms with E-state index in [1.54, 1.807) is 85.3 Å². The molecule has 0 bridgehead atoms. The molecule has 0 amide bonds. The average Bonchev–Trinajstić information content (AvgIpc) is 0.841. The molecule has 0 saturated heterocycles. The van der Waals surface area contributed by atoms with Crippen molar-refractivity contribution in [3.63, 3.8) is 0 Å². The van der Waals surface area contributed by atoms with E-state index in [9.17, 15) is 0 Å². The van der Waals surface area contributed by atoms with Gasteiger partial charge in [-0.25, -0.2) is 0 Å². The molecule has 101 heavy (non-hydrogen) atoms. The predicted molar refractivity (Wildman–Crippen MR) is 419 cm³/mol. The Bertz CT molecular complexity index is 3310. The van der Waals surface area contributed by atoms with Crippen LogP contribution in [-0.2, 0) is 20.4 Å². The fraction of sp³-hybridized carbons (Fsp3) is 0.143.